The van der Waals surface area contributed by atoms with Crippen LogP contribution in [0.4, 0.5) is 0 Å². The molecule has 4 heterocycles. The number of ether oxygens (including phenoxy) is 1. The molecule has 1 amide bonds. The monoisotopic (exact) mass is 524 g/mol. The number of carbonyl (C=O) groups is 1. The highest BCUT2D eigenvalue weighted by molar-refractivity contribution is 5.94. The van der Waals surface area contributed by atoms with Crippen molar-refractivity contribution in [3.63, 3.8) is 0 Å². The van der Waals surface area contributed by atoms with Crippen molar-refractivity contribution in [2.24, 2.45) is 11.8 Å². The molecular formula is C29H44N6O3. The van der Waals surface area contributed by atoms with Gasteiger partial charge in [0, 0.05) is 26.4 Å². The van der Waals surface area contributed by atoms with Crippen molar-refractivity contribution in [3.05, 3.63) is 35.4 Å². The molecule has 1 aliphatic rings. The summed E-state index contributed by atoms with van der Waals surface area (Å²) < 4.78 is 12.8. The third kappa shape index (κ3) is 7.20. The Labute approximate surface area is 226 Å². The van der Waals surface area contributed by atoms with Gasteiger partial charge in [-0.05, 0) is 82.1 Å². The minimum atomic E-state index is 0.0756. The van der Waals surface area contributed by atoms with Crippen molar-refractivity contribution in [2.75, 3.05) is 39.8 Å². The van der Waals surface area contributed by atoms with Crippen molar-refractivity contribution < 1.29 is 14.1 Å². The molecule has 0 saturated carbocycles. The summed E-state index contributed by atoms with van der Waals surface area (Å²) in [5.41, 5.74) is 3.13. The van der Waals surface area contributed by atoms with Crippen LogP contribution in [0.5, 0.6) is 0 Å². The first kappa shape index (κ1) is 28.2. The van der Waals surface area contributed by atoms with Gasteiger partial charge >= 0.3 is 0 Å². The molecule has 0 aliphatic carbocycles. The molecule has 3 aromatic rings. The summed E-state index contributed by atoms with van der Waals surface area (Å²) in [6, 6.07) is 3.82. The Bertz CT molecular complexity index is 1170. The molecule has 4 rings (SSSR count). The lowest BCUT2D eigenvalue weighted by atomic mass is 10.1. The molecule has 0 atom stereocenters. The van der Waals surface area contributed by atoms with Crippen molar-refractivity contribution in [2.45, 2.75) is 72.8 Å². The second-order valence-electron chi connectivity index (χ2n) is 11.3. The van der Waals surface area contributed by atoms with E-state index in [4.69, 9.17) is 14.2 Å². The van der Waals surface area contributed by atoms with Crippen LogP contribution in [-0.4, -0.2) is 75.1 Å². The highest BCUT2D eigenvalue weighted by Crippen LogP contribution is 2.26. The smallest absolute Gasteiger partial charge is 0.278 e. The van der Waals surface area contributed by atoms with E-state index < -0.39 is 0 Å². The molecule has 0 radical (unpaired) electrons. The Morgan fingerprint density at radius 2 is 1.79 bits per heavy atom. The largest absolute Gasteiger partial charge is 0.377 e. The zero-order valence-corrected chi connectivity index (χ0v) is 23.8. The van der Waals surface area contributed by atoms with Crippen molar-refractivity contribution in [1.82, 2.24) is 29.3 Å². The first-order valence-electron chi connectivity index (χ1n) is 14.2. The summed E-state index contributed by atoms with van der Waals surface area (Å²) in [6.45, 7) is 14.0. The zero-order valence-electron chi connectivity index (χ0n) is 23.8. The number of hydrogen-bond acceptors (Lipinski definition) is 7. The number of pyridine rings is 1. The maximum absolute atomic E-state index is 13.7. The normalized spacial score (nSPS) is 14.4. The molecule has 1 saturated heterocycles. The van der Waals surface area contributed by atoms with Gasteiger partial charge in [-0.2, -0.15) is 4.98 Å². The Morgan fingerprint density at radius 3 is 2.45 bits per heavy atom. The highest BCUT2D eigenvalue weighted by atomic mass is 16.5. The molecule has 0 N–H and O–H groups in total. The van der Waals surface area contributed by atoms with Crippen LogP contribution in [-0.2, 0) is 17.8 Å². The molecule has 0 unspecified atom stereocenters. The average Bonchev–Trinajstić information content (AvgIpc) is 3.64. The predicted molar refractivity (Wildman–Crippen MR) is 148 cm³/mol. The molecule has 1 aliphatic heterocycles. The predicted octanol–water partition coefficient (Wildman–Crippen LogP) is 5.09. The maximum Gasteiger partial charge on any atom is 0.278 e. The van der Waals surface area contributed by atoms with E-state index in [0.29, 0.717) is 34.8 Å². The molecule has 1 fully saturated rings. The molecule has 208 valence electrons. The van der Waals surface area contributed by atoms with Gasteiger partial charge < -0.3 is 23.5 Å². The van der Waals surface area contributed by atoms with E-state index in [0.717, 1.165) is 56.7 Å². The van der Waals surface area contributed by atoms with Gasteiger partial charge in [-0.1, -0.05) is 32.9 Å². The van der Waals surface area contributed by atoms with Crippen LogP contribution in [0, 0.1) is 11.8 Å². The Kier molecular flexibility index (Phi) is 9.91. The summed E-state index contributed by atoms with van der Waals surface area (Å²) in [4.78, 5) is 27.6. The topological polar surface area (TPSA) is 89.0 Å². The van der Waals surface area contributed by atoms with Crippen LogP contribution >= 0.6 is 0 Å². The van der Waals surface area contributed by atoms with E-state index in [1.807, 2.05) is 23.2 Å². The minimum absolute atomic E-state index is 0.0756. The fourth-order valence-corrected chi connectivity index (χ4v) is 4.97. The number of hydrogen-bond donors (Lipinski definition) is 0. The zero-order chi connectivity index (χ0) is 27.1. The van der Waals surface area contributed by atoms with Crippen LogP contribution in [0.2, 0.25) is 0 Å². The van der Waals surface area contributed by atoms with Gasteiger partial charge in [0.2, 0.25) is 0 Å². The van der Waals surface area contributed by atoms with Gasteiger partial charge in [0.15, 0.2) is 11.5 Å². The average molecular weight is 525 g/mol. The summed E-state index contributed by atoms with van der Waals surface area (Å²) in [6.07, 6.45) is 8.28. The van der Waals surface area contributed by atoms with Gasteiger partial charge in [-0.15, -0.1) is 0 Å². The number of methoxy groups -OCH3 is 1. The number of aromatic nitrogens is 4. The molecule has 0 aromatic carbocycles. The van der Waals surface area contributed by atoms with Crippen LogP contribution in [0.3, 0.4) is 0 Å². The number of likely N-dealkylation sites (tertiary alicyclic amines) is 1. The number of aryl methyl sites for hydroxylation is 1. The summed E-state index contributed by atoms with van der Waals surface area (Å²) in [7, 11) is 1.61. The molecule has 3 aromatic heterocycles. The number of carbonyl (C=O) groups excluding carboxylic acids is 1. The highest BCUT2D eigenvalue weighted by Gasteiger charge is 2.23. The summed E-state index contributed by atoms with van der Waals surface area (Å²) in [5.74, 6) is 2.04. The van der Waals surface area contributed by atoms with E-state index in [-0.39, 0.29) is 12.5 Å². The molecule has 0 bridgehead atoms. The van der Waals surface area contributed by atoms with Crippen molar-refractivity contribution >= 4 is 11.6 Å². The number of amides is 1. The molecule has 9 heteroatoms. The summed E-state index contributed by atoms with van der Waals surface area (Å²) >= 11 is 0. The van der Waals surface area contributed by atoms with E-state index >= 15 is 0 Å². The second-order valence-corrected chi connectivity index (χ2v) is 11.3. The van der Waals surface area contributed by atoms with Crippen LogP contribution in [0.25, 0.3) is 17.2 Å². The lowest BCUT2D eigenvalue weighted by molar-refractivity contribution is 0.0740. The van der Waals surface area contributed by atoms with Crippen LogP contribution < -0.4 is 0 Å². The first-order valence-corrected chi connectivity index (χ1v) is 14.2. The third-order valence-electron chi connectivity index (χ3n) is 7.24. The van der Waals surface area contributed by atoms with Gasteiger partial charge in [-0.25, -0.2) is 4.98 Å². The third-order valence-corrected chi connectivity index (χ3v) is 7.24. The second kappa shape index (κ2) is 13.3. The van der Waals surface area contributed by atoms with Crippen LogP contribution in [0.15, 0.2) is 22.9 Å². The Hall–Kier alpha value is -2.78. The minimum Gasteiger partial charge on any atom is -0.377 e. The molecular weight excluding hydrogens is 480 g/mol. The Morgan fingerprint density at radius 1 is 1.08 bits per heavy atom. The standard InChI is InChI=1S/C29H44N6O3/c1-21(2)12-17-34(18-13-22(3)4)29(36)23-10-11-26-31-27(28-30-25(20-37-5)32-38-28)24(35(26)19-23)9-8-16-33-14-6-7-15-33/h10-11,19,21-22H,6-9,12-18,20H2,1-5H3. The fraction of sp³-hybridized carbons (Fsp3) is 0.655. The maximum atomic E-state index is 13.7. The lowest BCUT2D eigenvalue weighted by Crippen LogP contribution is -2.34. The van der Waals surface area contributed by atoms with Crippen molar-refractivity contribution in [1.29, 1.82) is 0 Å². The van der Waals surface area contributed by atoms with Crippen LogP contribution in [0.1, 0.15) is 81.7 Å². The summed E-state index contributed by atoms with van der Waals surface area (Å²) in [5, 5.41) is 4.05. The molecule has 9 nitrogen and oxygen atoms in total. The van der Waals surface area contributed by atoms with Gasteiger partial charge in [-0.3, -0.25) is 4.79 Å². The fourth-order valence-electron chi connectivity index (χ4n) is 4.97. The van der Waals surface area contributed by atoms with E-state index in [2.05, 4.69) is 47.1 Å². The SMILES string of the molecule is COCc1noc(-c2nc3ccc(C(=O)N(CCC(C)C)CCC(C)C)cn3c2CCCN2CCCC2)n1. The van der Waals surface area contributed by atoms with E-state index in [1.165, 1.54) is 25.9 Å². The van der Waals surface area contributed by atoms with E-state index in [1.54, 1.807) is 7.11 Å². The number of nitrogens with zero attached hydrogens (tertiary/aromatic N) is 6. The van der Waals surface area contributed by atoms with Crippen molar-refractivity contribution in [3.8, 4) is 11.6 Å². The van der Waals surface area contributed by atoms with Gasteiger partial charge in [0.05, 0.1) is 11.3 Å². The Balaban J connectivity index is 1.64. The number of imidazole rings is 1. The van der Waals surface area contributed by atoms with E-state index in [9.17, 15) is 4.79 Å². The lowest BCUT2D eigenvalue weighted by Gasteiger charge is -2.24. The first-order chi connectivity index (χ1) is 18.4. The number of fused-ring (bicyclic) bond motifs is 1. The quantitative estimate of drug-likeness (QED) is 0.290. The number of rotatable bonds is 14. The van der Waals surface area contributed by atoms with Gasteiger partial charge in [0.25, 0.3) is 11.8 Å². The molecule has 38 heavy (non-hydrogen) atoms. The van der Waals surface area contributed by atoms with Gasteiger partial charge in [0.1, 0.15) is 12.3 Å². The molecule has 0 spiro atoms.